The van der Waals surface area contributed by atoms with E-state index in [2.05, 4.69) is 0 Å². The van der Waals surface area contributed by atoms with Crippen molar-refractivity contribution in [3.05, 3.63) is 29.8 Å². The Morgan fingerprint density at radius 1 is 1.10 bits per heavy atom. The molecule has 0 atom stereocenters. The molecule has 0 bridgehead atoms. The quantitative estimate of drug-likeness (QED) is 0.735. The Morgan fingerprint density at radius 2 is 1.71 bits per heavy atom. The fourth-order valence-electron chi connectivity index (χ4n) is 2.98. The maximum Gasteiger partial charge on any atom is 0.297 e. The molecule has 2 rings (SSSR count). The van der Waals surface area contributed by atoms with Crippen LogP contribution < -0.4 is 0 Å². The maximum atomic E-state index is 11.9. The lowest BCUT2D eigenvalue weighted by Crippen LogP contribution is -2.12. The van der Waals surface area contributed by atoms with Gasteiger partial charge in [-0.3, -0.25) is 4.18 Å². The van der Waals surface area contributed by atoms with Crippen molar-refractivity contribution in [3.63, 3.8) is 0 Å². The highest BCUT2D eigenvalue weighted by atomic mass is 32.2. The minimum Gasteiger partial charge on any atom is -0.264 e. The summed E-state index contributed by atoms with van der Waals surface area (Å²) in [6, 6.07) is 7.15. The van der Waals surface area contributed by atoms with Crippen LogP contribution in [0.4, 0.5) is 0 Å². The molecule has 1 aromatic rings. The van der Waals surface area contributed by atoms with E-state index in [1.165, 1.54) is 44.1 Å². The zero-order chi connectivity index (χ0) is 15.3. The topological polar surface area (TPSA) is 43.4 Å². The molecule has 0 saturated heterocycles. The van der Waals surface area contributed by atoms with E-state index >= 15 is 0 Å². The van der Waals surface area contributed by atoms with Crippen LogP contribution in [0.25, 0.3) is 0 Å². The van der Waals surface area contributed by atoms with Gasteiger partial charge in [-0.05, 0) is 50.3 Å². The minimum atomic E-state index is -3.61. The Bertz CT molecular complexity index is 526. The van der Waals surface area contributed by atoms with E-state index in [9.17, 15) is 8.42 Å². The molecule has 118 valence electrons. The molecule has 4 heteroatoms. The molecule has 3 nitrogen and oxygen atoms in total. The van der Waals surface area contributed by atoms with Gasteiger partial charge in [0, 0.05) is 0 Å². The monoisotopic (exact) mass is 310 g/mol. The van der Waals surface area contributed by atoms with E-state index in [0.717, 1.165) is 12.3 Å². The zero-order valence-electron chi connectivity index (χ0n) is 13.0. The number of rotatable bonds is 6. The van der Waals surface area contributed by atoms with E-state index < -0.39 is 10.1 Å². The normalized spacial score (nSPS) is 17.3. The molecule has 0 heterocycles. The largest absolute Gasteiger partial charge is 0.297 e. The Morgan fingerprint density at radius 3 is 2.29 bits per heavy atom. The van der Waals surface area contributed by atoms with Gasteiger partial charge in [0.25, 0.3) is 10.1 Å². The van der Waals surface area contributed by atoms with Crippen LogP contribution in [0.2, 0.25) is 0 Å². The Kier molecular flexibility index (Phi) is 5.82. The predicted molar refractivity (Wildman–Crippen MR) is 84.7 cm³/mol. The second kappa shape index (κ2) is 7.41. The highest BCUT2D eigenvalue weighted by Gasteiger charge is 2.17. The lowest BCUT2D eigenvalue weighted by atomic mass is 9.85. The summed E-state index contributed by atoms with van der Waals surface area (Å²) < 4.78 is 28.9. The summed E-state index contributed by atoms with van der Waals surface area (Å²) in [6.45, 7) is 3.44. The van der Waals surface area contributed by atoms with Crippen LogP contribution in [0.3, 0.4) is 0 Å². The summed E-state index contributed by atoms with van der Waals surface area (Å²) in [5.41, 5.74) is 1.21. The molecule has 1 saturated carbocycles. The molecule has 0 N–H and O–H groups in total. The number of hydrogen-bond donors (Lipinski definition) is 0. The van der Waals surface area contributed by atoms with Crippen LogP contribution in [-0.4, -0.2) is 14.5 Å². The fraction of sp³-hybridized carbons (Fsp3) is 0.647. The van der Waals surface area contributed by atoms with Gasteiger partial charge in [0.15, 0.2) is 0 Å². The molecule has 0 unspecified atom stereocenters. The SMILES string of the molecule is CC(C)OS(=O)(=O)c1ccc(CCC2CCCCC2)cc1. The van der Waals surface area contributed by atoms with Gasteiger partial charge in [-0.25, -0.2) is 0 Å². The third-order valence-corrected chi connectivity index (χ3v) is 5.58. The Balaban J connectivity index is 1.92. The van der Waals surface area contributed by atoms with Crippen LogP contribution in [0.15, 0.2) is 29.2 Å². The van der Waals surface area contributed by atoms with Crippen molar-refractivity contribution < 1.29 is 12.6 Å². The van der Waals surface area contributed by atoms with Crippen molar-refractivity contribution in [2.24, 2.45) is 5.92 Å². The number of benzene rings is 1. The van der Waals surface area contributed by atoms with Gasteiger partial charge in [-0.1, -0.05) is 44.2 Å². The zero-order valence-corrected chi connectivity index (χ0v) is 13.9. The molecule has 0 aliphatic heterocycles. The molecular formula is C17H26O3S. The van der Waals surface area contributed by atoms with E-state index in [1.807, 2.05) is 12.1 Å². The third-order valence-electron chi connectivity index (χ3n) is 4.10. The summed E-state index contributed by atoms with van der Waals surface area (Å²) in [5, 5.41) is 0. The molecule has 0 amide bonds. The molecule has 1 aromatic carbocycles. The van der Waals surface area contributed by atoms with Crippen molar-refractivity contribution in [1.29, 1.82) is 0 Å². The molecule has 1 fully saturated rings. The first kappa shape index (κ1) is 16.5. The Labute approximate surface area is 128 Å². The first-order chi connectivity index (χ1) is 9.97. The first-order valence-electron chi connectivity index (χ1n) is 7.99. The molecule has 1 aliphatic rings. The van der Waals surface area contributed by atoms with Gasteiger partial charge in [0.2, 0.25) is 0 Å². The fourth-order valence-corrected chi connectivity index (χ4v) is 4.07. The highest BCUT2D eigenvalue weighted by molar-refractivity contribution is 7.86. The molecule has 1 aliphatic carbocycles. The smallest absolute Gasteiger partial charge is 0.264 e. The highest BCUT2D eigenvalue weighted by Crippen LogP contribution is 2.27. The molecule has 0 spiro atoms. The van der Waals surface area contributed by atoms with Crippen LogP contribution in [-0.2, 0) is 20.7 Å². The summed E-state index contributed by atoms with van der Waals surface area (Å²) in [6.07, 6.45) is 8.76. The average Bonchev–Trinajstić information content (AvgIpc) is 2.45. The number of hydrogen-bond acceptors (Lipinski definition) is 3. The molecule has 0 aromatic heterocycles. The van der Waals surface area contributed by atoms with Gasteiger partial charge in [0.05, 0.1) is 11.0 Å². The van der Waals surface area contributed by atoms with Crippen LogP contribution in [0.5, 0.6) is 0 Å². The number of aryl methyl sites for hydroxylation is 1. The van der Waals surface area contributed by atoms with Crippen LogP contribution in [0, 0.1) is 5.92 Å². The van der Waals surface area contributed by atoms with Crippen molar-refractivity contribution in [2.75, 3.05) is 0 Å². The molecular weight excluding hydrogens is 284 g/mol. The van der Waals surface area contributed by atoms with Crippen molar-refractivity contribution in [1.82, 2.24) is 0 Å². The van der Waals surface area contributed by atoms with Gasteiger partial charge in [-0.2, -0.15) is 8.42 Å². The van der Waals surface area contributed by atoms with Crippen LogP contribution >= 0.6 is 0 Å². The average molecular weight is 310 g/mol. The predicted octanol–water partition coefficient (Wildman–Crippen LogP) is 4.31. The van der Waals surface area contributed by atoms with Crippen molar-refractivity contribution in [2.45, 2.75) is 69.8 Å². The van der Waals surface area contributed by atoms with Crippen molar-refractivity contribution >= 4 is 10.1 Å². The molecule has 0 radical (unpaired) electrons. The lowest BCUT2D eigenvalue weighted by molar-refractivity contribution is 0.249. The van der Waals surface area contributed by atoms with E-state index in [-0.39, 0.29) is 11.0 Å². The minimum absolute atomic E-state index is 0.248. The summed E-state index contributed by atoms with van der Waals surface area (Å²) in [5.74, 6) is 0.853. The third kappa shape index (κ3) is 5.11. The van der Waals surface area contributed by atoms with Crippen LogP contribution in [0.1, 0.15) is 57.9 Å². The maximum absolute atomic E-state index is 11.9. The van der Waals surface area contributed by atoms with Gasteiger partial charge in [-0.15, -0.1) is 0 Å². The van der Waals surface area contributed by atoms with Gasteiger partial charge >= 0.3 is 0 Å². The molecule has 21 heavy (non-hydrogen) atoms. The first-order valence-corrected chi connectivity index (χ1v) is 9.40. The van der Waals surface area contributed by atoms with Gasteiger partial charge in [0.1, 0.15) is 0 Å². The summed E-state index contributed by atoms with van der Waals surface area (Å²) >= 11 is 0. The second-order valence-corrected chi connectivity index (χ2v) is 7.86. The van der Waals surface area contributed by atoms with E-state index in [1.54, 1.807) is 26.0 Å². The summed E-state index contributed by atoms with van der Waals surface area (Å²) in [4.78, 5) is 0.248. The standard InChI is InChI=1S/C17H26O3S/c1-14(2)20-21(18,19)17-12-10-16(11-13-17)9-8-15-6-4-3-5-7-15/h10-15H,3-9H2,1-2H3. The van der Waals surface area contributed by atoms with Gasteiger partial charge < -0.3 is 0 Å². The lowest BCUT2D eigenvalue weighted by Gasteiger charge is -2.21. The summed E-state index contributed by atoms with van der Waals surface area (Å²) in [7, 11) is -3.61. The van der Waals surface area contributed by atoms with E-state index in [4.69, 9.17) is 4.18 Å². The van der Waals surface area contributed by atoms with E-state index in [0.29, 0.717) is 0 Å². The van der Waals surface area contributed by atoms with Crippen molar-refractivity contribution in [3.8, 4) is 0 Å². The second-order valence-electron chi connectivity index (χ2n) is 6.29. The Hall–Kier alpha value is -0.870.